The molecule has 0 saturated heterocycles. The minimum atomic E-state index is -0.523. The maximum Gasteiger partial charge on any atom is 0.286 e. The van der Waals surface area contributed by atoms with Crippen LogP contribution in [0.1, 0.15) is 30.6 Å². The fourth-order valence-corrected chi connectivity index (χ4v) is 3.67. The summed E-state index contributed by atoms with van der Waals surface area (Å²) in [6, 6.07) is 4.03. The first-order chi connectivity index (χ1) is 11.7. The van der Waals surface area contributed by atoms with Gasteiger partial charge in [0.1, 0.15) is 0 Å². The number of thiophene rings is 1. The Kier molecular flexibility index (Phi) is 7.32. The van der Waals surface area contributed by atoms with Crippen molar-refractivity contribution in [2.24, 2.45) is 5.92 Å². The van der Waals surface area contributed by atoms with Gasteiger partial charge in [-0.3, -0.25) is 4.79 Å². The number of hydrogen-bond acceptors (Lipinski definition) is 5. The molecule has 0 aliphatic carbocycles. The molecule has 6 heteroatoms. The van der Waals surface area contributed by atoms with Gasteiger partial charge < -0.3 is 19.9 Å². The minimum Gasteiger partial charge on any atom is -0.459 e. The molecular formula is C18H23NO4S. The van der Waals surface area contributed by atoms with Crippen LogP contribution in [-0.4, -0.2) is 37.1 Å². The second-order valence-electron chi connectivity index (χ2n) is 5.43. The molecule has 0 fully saturated rings. The standard InChI is InChI=1S/C18H23NO4S/c1-3-9-19-17(21)15-12-14(16-8-6-11-24-16)13(7-5-10-20)18(23-15)22-4-2/h1,6,8,11-14,18,20H,4-5,7,9-10H2,2H3,(H,19,21)/t13-,14-,18+/m1/s1. The van der Waals surface area contributed by atoms with Gasteiger partial charge in [0.05, 0.1) is 6.54 Å². The van der Waals surface area contributed by atoms with Crippen LogP contribution in [0.2, 0.25) is 0 Å². The Balaban J connectivity index is 2.30. The van der Waals surface area contributed by atoms with Crippen molar-refractivity contribution >= 4 is 17.2 Å². The lowest BCUT2D eigenvalue weighted by molar-refractivity contribution is -0.166. The van der Waals surface area contributed by atoms with Gasteiger partial charge in [0.25, 0.3) is 5.91 Å². The lowest BCUT2D eigenvalue weighted by Gasteiger charge is -2.36. The van der Waals surface area contributed by atoms with Crippen molar-refractivity contribution < 1.29 is 19.4 Å². The number of carbonyl (C=O) groups excluding carboxylic acids is 1. The Morgan fingerprint density at radius 1 is 1.58 bits per heavy atom. The van der Waals surface area contributed by atoms with E-state index in [-0.39, 0.29) is 36.7 Å². The Morgan fingerprint density at radius 3 is 3.04 bits per heavy atom. The van der Waals surface area contributed by atoms with Gasteiger partial charge in [-0.05, 0) is 37.3 Å². The summed E-state index contributed by atoms with van der Waals surface area (Å²) in [5.74, 6) is 2.33. The van der Waals surface area contributed by atoms with Crippen LogP contribution in [0.3, 0.4) is 0 Å². The van der Waals surface area contributed by atoms with Crippen molar-refractivity contribution in [1.29, 1.82) is 0 Å². The Bertz CT molecular complexity index is 591. The topological polar surface area (TPSA) is 67.8 Å². The third kappa shape index (κ3) is 4.60. The molecule has 1 aromatic heterocycles. The fraction of sp³-hybridized carbons (Fsp3) is 0.500. The normalized spacial score (nSPS) is 23.0. The highest BCUT2D eigenvalue weighted by molar-refractivity contribution is 7.10. The fourth-order valence-electron chi connectivity index (χ4n) is 2.79. The molecule has 0 unspecified atom stereocenters. The number of rotatable bonds is 8. The zero-order chi connectivity index (χ0) is 17.4. The van der Waals surface area contributed by atoms with Crippen LogP contribution in [0.4, 0.5) is 0 Å². The summed E-state index contributed by atoms with van der Waals surface area (Å²) in [5.41, 5.74) is 0. The summed E-state index contributed by atoms with van der Waals surface area (Å²) in [6.45, 7) is 2.64. The molecule has 2 rings (SSSR count). The van der Waals surface area contributed by atoms with Gasteiger partial charge in [0, 0.05) is 29.9 Å². The monoisotopic (exact) mass is 349 g/mol. The van der Waals surface area contributed by atoms with E-state index < -0.39 is 6.29 Å². The van der Waals surface area contributed by atoms with E-state index in [2.05, 4.69) is 11.2 Å². The number of allylic oxidation sites excluding steroid dienone is 1. The van der Waals surface area contributed by atoms with E-state index in [1.807, 2.05) is 30.5 Å². The van der Waals surface area contributed by atoms with Crippen LogP contribution in [0, 0.1) is 18.3 Å². The van der Waals surface area contributed by atoms with E-state index in [1.54, 1.807) is 11.3 Å². The van der Waals surface area contributed by atoms with Crippen LogP contribution in [0.25, 0.3) is 0 Å². The molecule has 3 atom stereocenters. The average Bonchev–Trinajstić information content (AvgIpc) is 3.12. The van der Waals surface area contributed by atoms with Crippen molar-refractivity contribution in [2.45, 2.75) is 32.0 Å². The molecule has 0 saturated carbocycles. The number of aliphatic hydroxyl groups is 1. The highest BCUT2D eigenvalue weighted by Crippen LogP contribution is 2.40. The van der Waals surface area contributed by atoms with E-state index >= 15 is 0 Å². The molecule has 0 spiro atoms. The second kappa shape index (κ2) is 9.48. The van der Waals surface area contributed by atoms with Crippen LogP contribution < -0.4 is 5.32 Å². The highest BCUT2D eigenvalue weighted by atomic mass is 32.1. The smallest absolute Gasteiger partial charge is 0.286 e. The molecule has 1 aliphatic heterocycles. The summed E-state index contributed by atoms with van der Waals surface area (Å²) in [7, 11) is 0. The van der Waals surface area contributed by atoms with Crippen LogP contribution in [0.15, 0.2) is 29.3 Å². The van der Waals surface area contributed by atoms with Crippen molar-refractivity contribution in [3.8, 4) is 12.3 Å². The Hall–Kier alpha value is -1.81. The van der Waals surface area contributed by atoms with Gasteiger partial charge >= 0.3 is 0 Å². The van der Waals surface area contributed by atoms with Gasteiger partial charge in [0.2, 0.25) is 6.29 Å². The molecule has 24 heavy (non-hydrogen) atoms. The summed E-state index contributed by atoms with van der Waals surface area (Å²) in [5, 5.41) is 13.8. The van der Waals surface area contributed by atoms with Crippen molar-refractivity contribution in [1.82, 2.24) is 5.32 Å². The number of hydrogen-bond donors (Lipinski definition) is 2. The summed E-state index contributed by atoms with van der Waals surface area (Å²) < 4.78 is 11.6. The predicted molar refractivity (Wildman–Crippen MR) is 93.3 cm³/mol. The van der Waals surface area contributed by atoms with Gasteiger partial charge in [-0.25, -0.2) is 0 Å². The van der Waals surface area contributed by atoms with Gasteiger partial charge in [-0.2, -0.15) is 0 Å². The molecule has 1 aromatic rings. The third-order valence-corrected chi connectivity index (χ3v) is 4.83. The zero-order valence-corrected chi connectivity index (χ0v) is 14.6. The summed E-state index contributed by atoms with van der Waals surface area (Å²) in [4.78, 5) is 13.4. The van der Waals surface area contributed by atoms with Crippen LogP contribution in [-0.2, 0) is 14.3 Å². The molecule has 0 bridgehead atoms. The number of carbonyl (C=O) groups is 1. The van der Waals surface area contributed by atoms with Gasteiger partial charge in [0.15, 0.2) is 5.76 Å². The van der Waals surface area contributed by atoms with Crippen LogP contribution in [0.5, 0.6) is 0 Å². The van der Waals surface area contributed by atoms with Crippen molar-refractivity contribution in [3.63, 3.8) is 0 Å². The maximum atomic E-state index is 12.3. The van der Waals surface area contributed by atoms with E-state index in [4.69, 9.17) is 15.9 Å². The summed E-state index contributed by atoms with van der Waals surface area (Å²) >= 11 is 1.64. The lowest BCUT2D eigenvalue weighted by Crippen LogP contribution is -2.38. The van der Waals surface area contributed by atoms with Gasteiger partial charge in [-0.15, -0.1) is 17.8 Å². The van der Waals surface area contributed by atoms with Gasteiger partial charge in [-0.1, -0.05) is 12.0 Å². The minimum absolute atomic E-state index is 0.00781. The molecule has 0 radical (unpaired) electrons. The first-order valence-electron chi connectivity index (χ1n) is 8.07. The number of nitrogens with one attached hydrogen (secondary N) is 1. The maximum absolute atomic E-state index is 12.3. The number of aliphatic hydroxyl groups excluding tert-OH is 1. The molecule has 1 amide bonds. The van der Waals surface area contributed by atoms with E-state index in [0.29, 0.717) is 13.0 Å². The molecule has 2 heterocycles. The van der Waals surface area contributed by atoms with Crippen LogP contribution >= 0.6 is 11.3 Å². The quantitative estimate of drug-likeness (QED) is 0.707. The molecule has 1 aliphatic rings. The first kappa shape index (κ1) is 18.5. The first-order valence-corrected chi connectivity index (χ1v) is 8.95. The van der Waals surface area contributed by atoms with E-state index in [0.717, 1.165) is 11.3 Å². The molecular weight excluding hydrogens is 326 g/mol. The SMILES string of the molecule is C#CCNC(=O)C1=C[C@@H](c2cccs2)[C@@H](CCCO)[C@@H](OCC)O1. The molecule has 0 aromatic carbocycles. The van der Waals surface area contributed by atoms with Crippen molar-refractivity contribution in [2.75, 3.05) is 19.8 Å². The zero-order valence-electron chi connectivity index (χ0n) is 13.7. The average molecular weight is 349 g/mol. The van der Waals surface area contributed by atoms with E-state index in [9.17, 15) is 9.90 Å². The van der Waals surface area contributed by atoms with Crippen molar-refractivity contribution in [3.05, 3.63) is 34.2 Å². The van der Waals surface area contributed by atoms with E-state index in [1.165, 1.54) is 0 Å². The Morgan fingerprint density at radius 2 is 2.42 bits per heavy atom. The lowest BCUT2D eigenvalue weighted by atomic mass is 9.84. The Labute approximate surface area is 146 Å². The predicted octanol–water partition coefficient (Wildman–Crippen LogP) is 2.25. The number of terminal acetylenes is 1. The molecule has 130 valence electrons. The highest BCUT2D eigenvalue weighted by Gasteiger charge is 2.38. The largest absolute Gasteiger partial charge is 0.459 e. The number of amides is 1. The molecule has 5 nitrogen and oxygen atoms in total. The molecule has 2 N–H and O–H groups in total. The second-order valence-corrected chi connectivity index (χ2v) is 6.41. The summed E-state index contributed by atoms with van der Waals surface area (Å²) in [6.07, 6.45) is 7.92. The third-order valence-electron chi connectivity index (χ3n) is 3.86. The number of ether oxygens (including phenoxy) is 2.